The van der Waals surface area contributed by atoms with Crippen LogP contribution in [0.25, 0.3) is 50.2 Å². The topological polar surface area (TPSA) is 0 Å². The molecular formula is C43H34. The number of benzene rings is 5. The van der Waals surface area contributed by atoms with E-state index < -0.39 is 0 Å². The molecule has 1 atom stereocenters. The molecule has 3 aliphatic carbocycles. The third-order valence-corrected chi connectivity index (χ3v) is 9.37. The second-order valence-electron chi connectivity index (χ2n) is 11.9. The number of hydrogen-bond donors (Lipinski definition) is 0. The van der Waals surface area contributed by atoms with Crippen molar-refractivity contribution >= 4 is 28.0 Å². The summed E-state index contributed by atoms with van der Waals surface area (Å²) in [5.41, 5.74) is 15.0. The molecule has 0 spiro atoms. The molecular weight excluding hydrogens is 516 g/mol. The molecule has 5 aromatic carbocycles. The van der Waals surface area contributed by atoms with E-state index in [-0.39, 0.29) is 0 Å². The van der Waals surface area contributed by atoms with Gasteiger partial charge in [-0.1, -0.05) is 146 Å². The third kappa shape index (κ3) is 4.64. The minimum atomic E-state index is 0.362. The Balaban J connectivity index is 1.24. The van der Waals surface area contributed by atoms with Crippen LogP contribution in [-0.2, 0) is 6.42 Å². The van der Waals surface area contributed by atoms with Crippen molar-refractivity contribution in [1.82, 2.24) is 0 Å². The summed E-state index contributed by atoms with van der Waals surface area (Å²) < 4.78 is 0. The molecule has 206 valence electrons. The summed E-state index contributed by atoms with van der Waals surface area (Å²) in [6.07, 6.45) is 22.6. The molecule has 0 N–H and O–H groups in total. The van der Waals surface area contributed by atoms with Gasteiger partial charge in [0.1, 0.15) is 0 Å². The molecule has 0 radical (unpaired) electrons. The van der Waals surface area contributed by atoms with Crippen LogP contribution < -0.4 is 0 Å². The van der Waals surface area contributed by atoms with Crippen molar-refractivity contribution in [3.8, 4) is 22.3 Å². The highest BCUT2D eigenvalue weighted by molar-refractivity contribution is 6.09. The smallest absolute Gasteiger partial charge is 0.0130 e. The zero-order valence-electron chi connectivity index (χ0n) is 24.3. The molecule has 0 aromatic heterocycles. The maximum Gasteiger partial charge on any atom is 0.0130 e. The normalized spacial score (nSPS) is 17.2. The first-order valence-electron chi connectivity index (χ1n) is 15.6. The Labute approximate surface area is 254 Å². The van der Waals surface area contributed by atoms with Crippen LogP contribution in [0, 0.1) is 0 Å². The van der Waals surface area contributed by atoms with Crippen LogP contribution >= 0.6 is 0 Å². The van der Waals surface area contributed by atoms with Gasteiger partial charge in [-0.15, -0.1) is 0 Å². The number of fused-ring (bicyclic) bond motifs is 2. The maximum atomic E-state index is 2.36. The fourth-order valence-corrected chi connectivity index (χ4v) is 7.30. The van der Waals surface area contributed by atoms with E-state index in [4.69, 9.17) is 0 Å². The van der Waals surface area contributed by atoms with Crippen molar-refractivity contribution in [2.75, 3.05) is 0 Å². The molecule has 0 saturated heterocycles. The summed E-state index contributed by atoms with van der Waals surface area (Å²) in [5, 5.41) is 2.69. The predicted octanol–water partition coefficient (Wildman–Crippen LogP) is 11.6. The molecule has 5 aromatic rings. The van der Waals surface area contributed by atoms with Gasteiger partial charge in [-0.2, -0.15) is 0 Å². The van der Waals surface area contributed by atoms with E-state index in [0.717, 1.165) is 25.7 Å². The Hall–Kier alpha value is -4.94. The van der Waals surface area contributed by atoms with Gasteiger partial charge in [0.2, 0.25) is 0 Å². The summed E-state index contributed by atoms with van der Waals surface area (Å²) >= 11 is 0. The van der Waals surface area contributed by atoms with Crippen molar-refractivity contribution in [3.05, 3.63) is 173 Å². The Morgan fingerprint density at radius 1 is 0.558 bits per heavy atom. The fourth-order valence-electron chi connectivity index (χ4n) is 7.30. The Morgan fingerprint density at radius 3 is 2.12 bits per heavy atom. The molecule has 43 heavy (non-hydrogen) atoms. The Morgan fingerprint density at radius 2 is 1.30 bits per heavy atom. The van der Waals surface area contributed by atoms with Gasteiger partial charge in [-0.25, -0.2) is 0 Å². The van der Waals surface area contributed by atoms with Crippen LogP contribution in [0.3, 0.4) is 0 Å². The molecule has 0 amide bonds. The Kier molecular flexibility index (Phi) is 6.61. The molecule has 0 bridgehead atoms. The van der Waals surface area contributed by atoms with Crippen molar-refractivity contribution in [3.63, 3.8) is 0 Å². The first kappa shape index (κ1) is 25.7. The lowest BCUT2D eigenvalue weighted by atomic mass is 9.76. The minimum absolute atomic E-state index is 0.362. The maximum absolute atomic E-state index is 2.36. The van der Waals surface area contributed by atoms with Crippen LogP contribution in [0.4, 0.5) is 0 Å². The molecule has 1 unspecified atom stereocenters. The molecule has 0 fully saturated rings. The van der Waals surface area contributed by atoms with Gasteiger partial charge in [-0.05, 0) is 104 Å². The standard InChI is InChI=1S/C43H34/c1-3-13-30(14-4-1)34-17-11-18-35(29-34)31-25-27-33(28-26-31)42-38-21-9-10-22-40(38)43(41-24-12-23-39(41)42)37-20-8-7-19-36(37)32-15-5-2-6-16-32/h1-3,5-13,15-18,20-23,25-29,36H,4,14,19,24H2. The van der Waals surface area contributed by atoms with Gasteiger partial charge in [0.05, 0.1) is 0 Å². The first-order valence-corrected chi connectivity index (χ1v) is 15.6. The van der Waals surface area contributed by atoms with Crippen molar-refractivity contribution in [2.45, 2.75) is 31.6 Å². The number of hydrogen-bond acceptors (Lipinski definition) is 0. The average Bonchev–Trinajstić information content (AvgIpc) is 3.57. The third-order valence-electron chi connectivity index (χ3n) is 9.37. The lowest BCUT2D eigenvalue weighted by Crippen LogP contribution is -2.08. The van der Waals surface area contributed by atoms with Gasteiger partial charge < -0.3 is 0 Å². The molecule has 0 aliphatic heterocycles. The molecule has 0 nitrogen and oxygen atoms in total. The van der Waals surface area contributed by atoms with E-state index in [1.54, 1.807) is 0 Å². The van der Waals surface area contributed by atoms with Crippen LogP contribution in [0.15, 0.2) is 146 Å². The SMILES string of the molecule is C1=CCCC(c2cccc(-c3ccc(-c4c5c(c(C6=CC=CCC6c6ccccc6)c6ccccc46)CC=C5)cc3)c2)=C1. The molecule has 0 heterocycles. The highest BCUT2D eigenvalue weighted by Gasteiger charge is 2.27. The second-order valence-corrected chi connectivity index (χ2v) is 11.9. The van der Waals surface area contributed by atoms with Gasteiger partial charge in [0, 0.05) is 5.92 Å². The predicted molar refractivity (Wildman–Crippen MR) is 185 cm³/mol. The highest BCUT2D eigenvalue weighted by Crippen LogP contribution is 2.48. The largest absolute Gasteiger partial charge is 0.0842 e. The van der Waals surface area contributed by atoms with Crippen LogP contribution in [0.2, 0.25) is 0 Å². The lowest BCUT2D eigenvalue weighted by Gasteiger charge is -2.27. The van der Waals surface area contributed by atoms with E-state index in [9.17, 15) is 0 Å². The fraction of sp³-hybridized carbons (Fsp3) is 0.116. The van der Waals surface area contributed by atoms with Gasteiger partial charge in [0.15, 0.2) is 0 Å². The summed E-state index contributed by atoms with van der Waals surface area (Å²) in [7, 11) is 0. The minimum Gasteiger partial charge on any atom is -0.0842 e. The molecule has 0 heteroatoms. The van der Waals surface area contributed by atoms with Gasteiger partial charge >= 0.3 is 0 Å². The highest BCUT2D eigenvalue weighted by atomic mass is 14.3. The zero-order valence-corrected chi connectivity index (χ0v) is 24.3. The molecule has 8 rings (SSSR count). The van der Waals surface area contributed by atoms with Crippen molar-refractivity contribution in [2.24, 2.45) is 0 Å². The molecule has 3 aliphatic rings. The summed E-state index contributed by atoms with van der Waals surface area (Å²) in [4.78, 5) is 0. The zero-order chi connectivity index (χ0) is 28.6. The van der Waals surface area contributed by atoms with E-state index >= 15 is 0 Å². The van der Waals surface area contributed by atoms with Crippen LogP contribution in [0.1, 0.15) is 53.0 Å². The monoisotopic (exact) mass is 550 g/mol. The quantitative estimate of drug-likeness (QED) is 0.204. The van der Waals surface area contributed by atoms with Gasteiger partial charge in [0.25, 0.3) is 0 Å². The summed E-state index contributed by atoms with van der Waals surface area (Å²) in [6.45, 7) is 0. The van der Waals surface area contributed by atoms with E-state index in [1.165, 1.54) is 72.0 Å². The second kappa shape index (κ2) is 11.0. The van der Waals surface area contributed by atoms with Crippen LogP contribution in [-0.4, -0.2) is 0 Å². The lowest BCUT2D eigenvalue weighted by molar-refractivity contribution is 0.873. The van der Waals surface area contributed by atoms with E-state index in [0.29, 0.717) is 5.92 Å². The number of rotatable bonds is 5. The van der Waals surface area contributed by atoms with E-state index in [2.05, 4.69) is 152 Å². The van der Waals surface area contributed by atoms with E-state index in [1.807, 2.05) is 0 Å². The van der Waals surface area contributed by atoms with Crippen molar-refractivity contribution < 1.29 is 0 Å². The number of allylic oxidation sites excluding steroid dienone is 9. The van der Waals surface area contributed by atoms with Crippen molar-refractivity contribution in [1.29, 1.82) is 0 Å². The molecule has 0 saturated carbocycles. The Bertz CT molecular complexity index is 1990. The summed E-state index contributed by atoms with van der Waals surface area (Å²) in [5.74, 6) is 0.362. The van der Waals surface area contributed by atoms with Gasteiger partial charge in [-0.3, -0.25) is 0 Å². The summed E-state index contributed by atoms with van der Waals surface area (Å²) in [6, 6.07) is 38.4. The average molecular weight is 551 g/mol. The van der Waals surface area contributed by atoms with Crippen LogP contribution in [0.5, 0.6) is 0 Å². The first-order chi connectivity index (χ1) is 21.3.